The van der Waals surface area contributed by atoms with E-state index in [9.17, 15) is 9.59 Å². The Balaban J connectivity index is 1.85. The van der Waals surface area contributed by atoms with Crippen molar-refractivity contribution in [1.82, 2.24) is 15.3 Å². The lowest BCUT2D eigenvalue weighted by Crippen LogP contribution is -2.30. The van der Waals surface area contributed by atoms with E-state index in [1.807, 2.05) is 12.4 Å². The molecule has 2 rings (SSSR count). The van der Waals surface area contributed by atoms with Gasteiger partial charge in [0, 0.05) is 17.6 Å². The van der Waals surface area contributed by atoms with Crippen molar-refractivity contribution in [3.63, 3.8) is 0 Å². The van der Waals surface area contributed by atoms with Crippen molar-refractivity contribution >= 4 is 28.8 Å². The molecule has 0 aliphatic heterocycles. The van der Waals surface area contributed by atoms with E-state index in [2.05, 4.69) is 15.3 Å². The van der Waals surface area contributed by atoms with Crippen LogP contribution in [-0.4, -0.2) is 22.4 Å². The molecule has 0 saturated carbocycles. The van der Waals surface area contributed by atoms with Crippen molar-refractivity contribution in [1.29, 1.82) is 0 Å². The third-order valence-electron chi connectivity index (χ3n) is 2.82. The van der Waals surface area contributed by atoms with Crippen LogP contribution in [0.4, 0.5) is 0 Å². The van der Waals surface area contributed by atoms with Gasteiger partial charge in [-0.15, -0.1) is 11.3 Å². The quantitative estimate of drug-likeness (QED) is 0.831. The van der Waals surface area contributed by atoms with Crippen molar-refractivity contribution in [2.24, 2.45) is 0 Å². The Morgan fingerprint density at radius 1 is 1.55 bits per heavy atom. The van der Waals surface area contributed by atoms with Crippen molar-refractivity contribution in [2.45, 2.75) is 19.8 Å². The zero-order chi connectivity index (χ0) is 14.5. The summed E-state index contributed by atoms with van der Waals surface area (Å²) in [5, 5.41) is 3.04. The second-order valence-electron chi connectivity index (χ2n) is 4.28. The summed E-state index contributed by atoms with van der Waals surface area (Å²) in [5.74, 6) is -0.408. The van der Waals surface area contributed by atoms with Gasteiger partial charge in [0.15, 0.2) is 0 Å². The van der Waals surface area contributed by atoms with Crippen molar-refractivity contribution in [2.75, 3.05) is 6.54 Å². The fourth-order valence-electron chi connectivity index (χ4n) is 1.74. The Kier molecular flexibility index (Phi) is 4.92. The minimum Gasteiger partial charge on any atom is -0.352 e. The summed E-state index contributed by atoms with van der Waals surface area (Å²) in [6.45, 7) is 2.47. The number of aromatic nitrogens is 2. The average molecular weight is 312 g/mol. The monoisotopic (exact) mass is 311 g/mol. The fourth-order valence-corrected chi connectivity index (χ4v) is 2.73. The third-order valence-corrected chi connectivity index (χ3v) is 4.04. The first kappa shape index (κ1) is 14.7. The first-order valence-corrected chi connectivity index (χ1v) is 7.39. The zero-order valence-electron chi connectivity index (χ0n) is 10.9. The Morgan fingerprint density at radius 2 is 2.35 bits per heavy atom. The van der Waals surface area contributed by atoms with E-state index in [1.54, 1.807) is 11.3 Å². The van der Waals surface area contributed by atoms with Gasteiger partial charge in [0.25, 0.3) is 11.5 Å². The van der Waals surface area contributed by atoms with Gasteiger partial charge in [-0.05, 0) is 25.8 Å². The zero-order valence-corrected chi connectivity index (χ0v) is 12.5. The molecule has 0 aliphatic rings. The molecule has 0 aliphatic carbocycles. The molecule has 0 atom stereocenters. The maximum absolute atomic E-state index is 11.8. The molecule has 7 heteroatoms. The van der Waals surface area contributed by atoms with Gasteiger partial charge in [0.05, 0.1) is 16.2 Å². The maximum Gasteiger partial charge on any atom is 0.260 e. The summed E-state index contributed by atoms with van der Waals surface area (Å²) >= 11 is 7.36. The van der Waals surface area contributed by atoms with Crippen LogP contribution in [0.2, 0.25) is 5.02 Å². The summed E-state index contributed by atoms with van der Waals surface area (Å²) in [4.78, 5) is 31.1. The Hall–Kier alpha value is -1.66. The number of thiazole rings is 1. The lowest BCUT2D eigenvalue weighted by Gasteiger charge is -2.04. The molecule has 0 spiro atoms. The predicted octanol–water partition coefficient (Wildman–Crippen LogP) is 2.16. The van der Waals surface area contributed by atoms with E-state index in [0.717, 1.165) is 18.5 Å². The molecule has 1 amide bonds. The van der Waals surface area contributed by atoms with E-state index < -0.39 is 11.5 Å². The van der Waals surface area contributed by atoms with Crippen LogP contribution >= 0.6 is 22.9 Å². The number of pyridine rings is 1. The summed E-state index contributed by atoms with van der Waals surface area (Å²) < 4.78 is 0. The fraction of sp³-hybridized carbons (Fsp3) is 0.308. The highest BCUT2D eigenvalue weighted by Crippen LogP contribution is 2.13. The molecule has 0 aromatic carbocycles. The van der Waals surface area contributed by atoms with E-state index in [0.29, 0.717) is 11.6 Å². The number of hydrogen-bond acceptors (Lipinski definition) is 4. The first-order chi connectivity index (χ1) is 9.58. The van der Waals surface area contributed by atoms with Gasteiger partial charge in [0.2, 0.25) is 0 Å². The van der Waals surface area contributed by atoms with E-state index in [-0.39, 0.29) is 5.56 Å². The molecule has 2 heterocycles. The summed E-state index contributed by atoms with van der Waals surface area (Å²) in [6.07, 6.45) is 3.02. The smallest absolute Gasteiger partial charge is 0.260 e. The van der Waals surface area contributed by atoms with Crippen molar-refractivity contribution in [3.05, 3.63) is 49.3 Å². The van der Waals surface area contributed by atoms with Gasteiger partial charge in [-0.3, -0.25) is 9.59 Å². The first-order valence-electron chi connectivity index (χ1n) is 6.13. The number of amides is 1. The number of carbonyl (C=O) groups excluding carboxylic acids is 1. The number of H-pyrrole nitrogens is 1. The van der Waals surface area contributed by atoms with Crippen LogP contribution in [0.1, 0.15) is 27.3 Å². The number of aryl methyl sites for hydroxylation is 2. The van der Waals surface area contributed by atoms with Crippen molar-refractivity contribution < 1.29 is 4.79 Å². The lowest BCUT2D eigenvalue weighted by molar-refractivity contribution is 0.0951. The minimum absolute atomic E-state index is 0.0338. The summed E-state index contributed by atoms with van der Waals surface area (Å²) in [7, 11) is 0. The average Bonchev–Trinajstić information content (AvgIpc) is 2.83. The third kappa shape index (κ3) is 3.68. The highest BCUT2D eigenvalue weighted by atomic mass is 35.5. The SMILES string of the molecule is Cc1ncsc1CCCNC(=O)c1cc(Cl)c[nH]c1=O. The number of rotatable bonds is 5. The number of halogens is 1. The molecule has 2 aromatic rings. The van der Waals surface area contributed by atoms with Gasteiger partial charge >= 0.3 is 0 Å². The van der Waals surface area contributed by atoms with Gasteiger partial charge in [-0.2, -0.15) is 0 Å². The molecule has 5 nitrogen and oxygen atoms in total. The predicted molar refractivity (Wildman–Crippen MR) is 79.6 cm³/mol. The van der Waals surface area contributed by atoms with Crippen LogP contribution in [0.3, 0.4) is 0 Å². The largest absolute Gasteiger partial charge is 0.352 e. The minimum atomic E-state index is -0.440. The van der Waals surface area contributed by atoms with E-state index >= 15 is 0 Å². The van der Waals surface area contributed by atoms with Crippen LogP contribution < -0.4 is 10.9 Å². The van der Waals surface area contributed by atoms with Crippen LogP contribution in [0.25, 0.3) is 0 Å². The Morgan fingerprint density at radius 3 is 3.05 bits per heavy atom. The van der Waals surface area contributed by atoms with Crippen molar-refractivity contribution in [3.8, 4) is 0 Å². The second kappa shape index (κ2) is 6.67. The summed E-state index contributed by atoms with van der Waals surface area (Å²) in [6, 6.07) is 1.36. The van der Waals surface area contributed by atoms with Gasteiger partial charge in [0.1, 0.15) is 5.56 Å². The van der Waals surface area contributed by atoms with Crippen LogP contribution in [0.15, 0.2) is 22.6 Å². The van der Waals surface area contributed by atoms with Crippen LogP contribution in [-0.2, 0) is 6.42 Å². The molecule has 20 heavy (non-hydrogen) atoms. The van der Waals surface area contributed by atoms with E-state index in [1.165, 1.54) is 17.1 Å². The Bertz CT molecular complexity index is 666. The molecule has 0 bridgehead atoms. The molecule has 0 fully saturated rings. The van der Waals surface area contributed by atoms with Crippen LogP contribution in [0.5, 0.6) is 0 Å². The molecule has 106 valence electrons. The molecule has 0 saturated heterocycles. The molecular formula is C13H14ClN3O2S. The molecule has 2 N–H and O–H groups in total. The molecule has 0 radical (unpaired) electrons. The van der Waals surface area contributed by atoms with Gasteiger partial charge < -0.3 is 10.3 Å². The van der Waals surface area contributed by atoms with Gasteiger partial charge in [-0.1, -0.05) is 11.6 Å². The van der Waals surface area contributed by atoms with Gasteiger partial charge in [-0.25, -0.2) is 4.98 Å². The van der Waals surface area contributed by atoms with E-state index in [4.69, 9.17) is 11.6 Å². The Labute approximate surface area is 125 Å². The number of hydrogen-bond donors (Lipinski definition) is 2. The highest BCUT2D eigenvalue weighted by molar-refractivity contribution is 7.09. The number of aromatic amines is 1. The molecule has 0 unspecified atom stereocenters. The molecule has 2 aromatic heterocycles. The lowest BCUT2D eigenvalue weighted by atomic mass is 10.2. The second-order valence-corrected chi connectivity index (χ2v) is 5.66. The maximum atomic E-state index is 11.8. The normalized spacial score (nSPS) is 10.5. The number of nitrogens with zero attached hydrogens (tertiary/aromatic N) is 1. The standard InChI is InChI=1S/C13H14ClN3O2S/c1-8-11(20-7-17-8)3-2-4-15-12(18)10-5-9(14)6-16-13(10)19/h5-7H,2-4H2,1H3,(H,15,18)(H,16,19). The highest BCUT2D eigenvalue weighted by Gasteiger charge is 2.10. The summed E-state index contributed by atoms with van der Waals surface area (Å²) in [5.41, 5.74) is 2.44. The molecular weight excluding hydrogens is 298 g/mol. The topological polar surface area (TPSA) is 74.8 Å². The number of carbonyl (C=O) groups is 1. The number of nitrogens with one attached hydrogen (secondary N) is 2. The van der Waals surface area contributed by atoms with Crippen LogP contribution in [0, 0.1) is 6.92 Å².